The third-order valence-corrected chi connectivity index (χ3v) is 5.80. The van der Waals surface area contributed by atoms with Crippen molar-refractivity contribution in [1.29, 1.82) is 0 Å². The van der Waals surface area contributed by atoms with E-state index in [0.717, 1.165) is 6.54 Å². The fourth-order valence-electron chi connectivity index (χ4n) is 2.93. The lowest BCUT2D eigenvalue weighted by Crippen LogP contribution is -2.31. The molecule has 118 valence electrons. The highest BCUT2D eigenvalue weighted by molar-refractivity contribution is 7.89. The van der Waals surface area contributed by atoms with Gasteiger partial charge in [0.2, 0.25) is 10.0 Å². The van der Waals surface area contributed by atoms with Crippen LogP contribution < -0.4 is 10.0 Å². The lowest BCUT2D eigenvalue weighted by atomic mass is 9.89. The molecule has 0 heterocycles. The Morgan fingerprint density at radius 1 is 1.19 bits per heavy atom. The maximum atomic E-state index is 12.4. The summed E-state index contributed by atoms with van der Waals surface area (Å²) in [5.41, 5.74) is 0.973. The Morgan fingerprint density at radius 3 is 2.43 bits per heavy atom. The smallest absolute Gasteiger partial charge is 0.242 e. The first-order chi connectivity index (χ1) is 9.82. The summed E-state index contributed by atoms with van der Waals surface area (Å²) >= 11 is 0. The van der Waals surface area contributed by atoms with Gasteiger partial charge in [-0.2, -0.15) is 0 Å². The van der Waals surface area contributed by atoms with Gasteiger partial charge in [-0.15, -0.1) is 0 Å². The van der Waals surface area contributed by atoms with Crippen molar-refractivity contribution in [3.8, 4) is 0 Å². The zero-order chi connectivity index (χ0) is 15.5. The van der Waals surface area contributed by atoms with Crippen LogP contribution in [0.15, 0.2) is 29.2 Å². The highest BCUT2D eigenvalue weighted by Gasteiger charge is 2.29. The van der Waals surface area contributed by atoms with Crippen LogP contribution in [0.3, 0.4) is 0 Å². The molecule has 0 saturated heterocycles. The summed E-state index contributed by atoms with van der Waals surface area (Å²) < 4.78 is 27.4. The van der Waals surface area contributed by atoms with Gasteiger partial charge in [-0.3, -0.25) is 0 Å². The first-order valence-electron chi connectivity index (χ1n) is 7.68. The summed E-state index contributed by atoms with van der Waals surface area (Å²) in [5, 5.41) is 3.36. The quantitative estimate of drug-likeness (QED) is 0.847. The Kier molecular flexibility index (Phi) is 4.94. The van der Waals surface area contributed by atoms with Crippen LogP contribution in [0.2, 0.25) is 0 Å². The van der Waals surface area contributed by atoms with E-state index in [0.29, 0.717) is 10.6 Å². The number of hydrogen-bond acceptors (Lipinski definition) is 3. The van der Waals surface area contributed by atoms with E-state index < -0.39 is 10.0 Å². The van der Waals surface area contributed by atoms with Crippen LogP contribution in [0, 0.1) is 5.41 Å². The monoisotopic (exact) mass is 310 g/mol. The molecule has 1 aromatic carbocycles. The Morgan fingerprint density at radius 2 is 1.81 bits per heavy atom. The minimum atomic E-state index is -3.47. The van der Waals surface area contributed by atoms with Crippen molar-refractivity contribution in [2.24, 2.45) is 5.41 Å². The Labute approximate surface area is 128 Å². The Balaban J connectivity index is 2.17. The molecule has 0 atom stereocenters. The second kappa shape index (κ2) is 6.36. The van der Waals surface area contributed by atoms with Gasteiger partial charge in [0.25, 0.3) is 0 Å². The van der Waals surface area contributed by atoms with Crippen molar-refractivity contribution in [3.05, 3.63) is 24.3 Å². The summed E-state index contributed by atoms with van der Waals surface area (Å²) in [5.74, 6) is 0. The maximum Gasteiger partial charge on any atom is 0.242 e. The van der Waals surface area contributed by atoms with Crippen molar-refractivity contribution in [2.45, 2.75) is 57.4 Å². The van der Waals surface area contributed by atoms with Crippen LogP contribution in [0.1, 0.15) is 46.5 Å². The topological polar surface area (TPSA) is 58.2 Å². The molecule has 0 amide bonds. The van der Waals surface area contributed by atoms with Crippen LogP contribution in [0.25, 0.3) is 0 Å². The summed E-state index contributed by atoms with van der Waals surface area (Å²) in [6.45, 7) is 6.75. The standard InChI is InChI=1S/C16H26N2O2S/c1-13(2)18-21(19,20)15-9-5-4-8-14(15)17-12-16(3)10-6-7-11-16/h4-5,8-9,13,17-18H,6-7,10-12H2,1-3H3. The van der Waals surface area contributed by atoms with Crippen molar-refractivity contribution in [1.82, 2.24) is 4.72 Å². The van der Waals surface area contributed by atoms with E-state index in [1.165, 1.54) is 25.7 Å². The van der Waals surface area contributed by atoms with Crippen molar-refractivity contribution >= 4 is 15.7 Å². The second-order valence-electron chi connectivity index (χ2n) is 6.64. The number of nitrogens with one attached hydrogen (secondary N) is 2. The Bertz CT molecular complexity index is 576. The van der Waals surface area contributed by atoms with Crippen molar-refractivity contribution in [2.75, 3.05) is 11.9 Å². The molecule has 21 heavy (non-hydrogen) atoms. The molecule has 0 aliphatic heterocycles. The normalized spacial score (nSPS) is 18.1. The summed E-state index contributed by atoms with van der Waals surface area (Å²) in [6, 6.07) is 7.01. The molecule has 4 nitrogen and oxygen atoms in total. The minimum absolute atomic E-state index is 0.115. The van der Waals surface area contributed by atoms with Crippen LogP contribution in [-0.4, -0.2) is 21.0 Å². The van der Waals surface area contributed by atoms with Gasteiger partial charge in [0.15, 0.2) is 0 Å². The average molecular weight is 310 g/mol. The molecule has 0 bridgehead atoms. The number of hydrogen-bond donors (Lipinski definition) is 2. The first kappa shape index (κ1) is 16.3. The zero-order valence-corrected chi connectivity index (χ0v) is 14.0. The molecule has 2 rings (SSSR count). The number of para-hydroxylation sites is 1. The van der Waals surface area contributed by atoms with Gasteiger partial charge < -0.3 is 5.32 Å². The van der Waals surface area contributed by atoms with Crippen molar-refractivity contribution < 1.29 is 8.42 Å². The molecule has 2 N–H and O–H groups in total. The van der Waals surface area contributed by atoms with Gasteiger partial charge in [0.1, 0.15) is 4.90 Å². The fourth-order valence-corrected chi connectivity index (χ4v) is 4.37. The fraction of sp³-hybridized carbons (Fsp3) is 0.625. The molecule has 1 fully saturated rings. The molecule has 0 unspecified atom stereocenters. The lowest BCUT2D eigenvalue weighted by Gasteiger charge is -2.25. The van der Waals surface area contributed by atoms with E-state index in [1.807, 2.05) is 26.0 Å². The molecular weight excluding hydrogens is 284 g/mol. The molecule has 0 aromatic heterocycles. The predicted molar refractivity (Wildman–Crippen MR) is 87.0 cm³/mol. The molecule has 1 saturated carbocycles. The molecular formula is C16H26N2O2S. The lowest BCUT2D eigenvalue weighted by molar-refractivity contribution is 0.361. The molecule has 1 aromatic rings. The Hall–Kier alpha value is -1.07. The van der Waals surface area contributed by atoms with E-state index in [1.54, 1.807) is 12.1 Å². The van der Waals surface area contributed by atoms with Gasteiger partial charge in [-0.1, -0.05) is 31.9 Å². The van der Waals surface area contributed by atoms with Crippen molar-refractivity contribution in [3.63, 3.8) is 0 Å². The van der Waals surface area contributed by atoms with E-state index in [4.69, 9.17) is 0 Å². The number of sulfonamides is 1. The zero-order valence-electron chi connectivity index (χ0n) is 13.1. The van der Waals surface area contributed by atoms with E-state index in [9.17, 15) is 8.42 Å². The third-order valence-electron chi connectivity index (χ3n) is 4.08. The second-order valence-corrected chi connectivity index (χ2v) is 8.33. The number of benzene rings is 1. The first-order valence-corrected chi connectivity index (χ1v) is 9.16. The van der Waals surface area contributed by atoms with Crippen LogP contribution in [0.4, 0.5) is 5.69 Å². The molecule has 0 spiro atoms. The largest absolute Gasteiger partial charge is 0.383 e. The molecule has 0 radical (unpaired) electrons. The van der Waals surface area contributed by atoms with Gasteiger partial charge in [-0.05, 0) is 44.2 Å². The van der Waals surface area contributed by atoms with Crippen LogP contribution >= 0.6 is 0 Å². The predicted octanol–water partition coefficient (Wildman–Crippen LogP) is 3.37. The van der Waals surface area contributed by atoms with E-state index in [-0.39, 0.29) is 11.5 Å². The van der Waals surface area contributed by atoms with E-state index >= 15 is 0 Å². The molecule has 1 aliphatic rings. The molecule has 1 aliphatic carbocycles. The van der Waals surface area contributed by atoms with Crippen LogP contribution in [0.5, 0.6) is 0 Å². The third kappa shape index (κ3) is 4.20. The van der Waals surface area contributed by atoms with Gasteiger partial charge >= 0.3 is 0 Å². The summed E-state index contributed by atoms with van der Waals surface area (Å²) in [4.78, 5) is 0.334. The summed E-state index contributed by atoms with van der Waals surface area (Å²) in [6.07, 6.45) is 4.96. The summed E-state index contributed by atoms with van der Waals surface area (Å²) in [7, 11) is -3.47. The molecule has 5 heteroatoms. The maximum absolute atomic E-state index is 12.4. The highest BCUT2D eigenvalue weighted by atomic mass is 32.2. The van der Waals surface area contributed by atoms with E-state index in [2.05, 4.69) is 17.0 Å². The van der Waals surface area contributed by atoms with Crippen LogP contribution in [-0.2, 0) is 10.0 Å². The number of rotatable bonds is 6. The highest BCUT2D eigenvalue weighted by Crippen LogP contribution is 2.37. The van der Waals surface area contributed by atoms with Gasteiger partial charge in [0.05, 0.1) is 5.69 Å². The number of anilines is 1. The minimum Gasteiger partial charge on any atom is -0.383 e. The average Bonchev–Trinajstić information content (AvgIpc) is 2.83. The van der Waals surface area contributed by atoms with Gasteiger partial charge in [-0.25, -0.2) is 13.1 Å². The SMILES string of the molecule is CC(C)NS(=O)(=O)c1ccccc1NCC1(C)CCCC1. The van der Waals surface area contributed by atoms with Gasteiger partial charge in [0, 0.05) is 12.6 Å².